The number of methoxy groups -OCH3 is 1. The maximum absolute atomic E-state index is 12.4. The van der Waals surface area contributed by atoms with Gasteiger partial charge in [0.05, 0.1) is 12.9 Å². The molecular weight excluding hydrogens is 350 g/mol. The third-order valence-electron chi connectivity index (χ3n) is 4.43. The Balaban J connectivity index is 2.00. The first-order valence-electron chi connectivity index (χ1n) is 8.13. The number of benzene rings is 1. The molecular formula is C17H24ClNO4S. The first-order chi connectivity index (χ1) is 11.3. The van der Waals surface area contributed by atoms with Crippen LogP contribution in [0.15, 0.2) is 18.2 Å². The number of hydrogen-bond donors (Lipinski definition) is 1. The van der Waals surface area contributed by atoms with E-state index in [2.05, 4.69) is 12.2 Å². The Kier molecular flexibility index (Phi) is 6.52. The second-order valence-electron chi connectivity index (χ2n) is 6.42. The molecule has 0 radical (unpaired) electrons. The summed E-state index contributed by atoms with van der Waals surface area (Å²) in [5.41, 5.74) is 0.462. The molecule has 0 aromatic heterocycles. The van der Waals surface area contributed by atoms with E-state index in [0.717, 1.165) is 19.3 Å². The molecule has 2 rings (SSSR count). The van der Waals surface area contributed by atoms with Crippen molar-refractivity contribution in [3.63, 3.8) is 0 Å². The lowest BCUT2D eigenvalue weighted by Gasteiger charge is -2.29. The highest BCUT2D eigenvalue weighted by molar-refractivity contribution is 7.91. The summed E-state index contributed by atoms with van der Waals surface area (Å²) >= 11 is 5.92. The van der Waals surface area contributed by atoms with E-state index in [0.29, 0.717) is 22.3 Å². The number of hydrogen-bond acceptors (Lipinski definition) is 4. The van der Waals surface area contributed by atoms with Crippen LogP contribution in [0.4, 0.5) is 0 Å². The van der Waals surface area contributed by atoms with Gasteiger partial charge in [0.15, 0.2) is 9.84 Å². The summed E-state index contributed by atoms with van der Waals surface area (Å²) in [5.74, 6) is -0.395. The minimum absolute atomic E-state index is 0.0714. The van der Waals surface area contributed by atoms with Crippen molar-refractivity contribution in [1.29, 1.82) is 0 Å². The molecule has 0 bridgehead atoms. The average molecular weight is 374 g/mol. The Hall–Kier alpha value is -1.27. The molecule has 1 aliphatic rings. The third-order valence-corrected chi connectivity index (χ3v) is 6.11. The number of rotatable bonds is 6. The predicted molar refractivity (Wildman–Crippen MR) is 95.1 cm³/mol. The topological polar surface area (TPSA) is 72.5 Å². The minimum atomic E-state index is -3.60. The zero-order valence-corrected chi connectivity index (χ0v) is 15.6. The molecule has 1 saturated carbocycles. The molecule has 1 amide bonds. The van der Waals surface area contributed by atoms with Gasteiger partial charge in [0.1, 0.15) is 11.5 Å². The van der Waals surface area contributed by atoms with Gasteiger partial charge < -0.3 is 10.1 Å². The van der Waals surface area contributed by atoms with E-state index in [-0.39, 0.29) is 11.8 Å². The molecule has 0 spiro atoms. The van der Waals surface area contributed by atoms with Gasteiger partial charge in [0.25, 0.3) is 0 Å². The van der Waals surface area contributed by atoms with Crippen molar-refractivity contribution < 1.29 is 17.9 Å². The van der Waals surface area contributed by atoms with Gasteiger partial charge in [-0.05, 0) is 37.0 Å². The predicted octanol–water partition coefficient (Wildman–Crippen LogP) is 2.96. The van der Waals surface area contributed by atoms with Crippen LogP contribution in [0.1, 0.15) is 38.2 Å². The van der Waals surface area contributed by atoms with E-state index in [1.54, 1.807) is 18.2 Å². The van der Waals surface area contributed by atoms with Gasteiger partial charge in [-0.3, -0.25) is 4.79 Å². The number of amides is 1. The van der Waals surface area contributed by atoms with Crippen LogP contribution in [0, 0.1) is 5.92 Å². The SMILES string of the molecule is COc1ccc(Cl)cc1CS(=O)(=O)CC(=O)N[C@@H]1CCCC[C@H]1C. The molecule has 24 heavy (non-hydrogen) atoms. The van der Waals surface area contributed by atoms with Gasteiger partial charge in [-0.1, -0.05) is 31.4 Å². The van der Waals surface area contributed by atoms with Gasteiger partial charge in [-0.15, -0.1) is 0 Å². The molecule has 2 atom stereocenters. The molecule has 134 valence electrons. The van der Waals surface area contributed by atoms with E-state index in [9.17, 15) is 13.2 Å². The minimum Gasteiger partial charge on any atom is -0.496 e. The first-order valence-corrected chi connectivity index (χ1v) is 10.3. The van der Waals surface area contributed by atoms with E-state index < -0.39 is 21.5 Å². The van der Waals surface area contributed by atoms with E-state index in [1.807, 2.05) is 0 Å². The summed E-state index contributed by atoms with van der Waals surface area (Å²) in [6.07, 6.45) is 4.22. The standard InChI is InChI=1S/C17H24ClNO4S/c1-12-5-3-4-6-15(12)19-17(20)11-24(21,22)10-13-9-14(18)7-8-16(13)23-2/h7-9,12,15H,3-6,10-11H2,1-2H3,(H,19,20)/t12-,15-/m1/s1. The molecule has 1 fully saturated rings. The van der Waals surface area contributed by atoms with Crippen LogP contribution in [0.2, 0.25) is 5.02 Å². The highest BCUT2D eigenvalue weighted by atomic mass is 35.5. The molecule has 0 unspecified atom stereocenters. The Morgan fingerprint density at radius 1 is 1.33 bits per heavy atom. The molecule has 1 aliphatic carbocycles. The average Bonchev–Trinajstić information content (AvgIpc) is 2.48. The van der Waals surface area contributed by atoms with Gasteiger partial charge in [-0.2, -0.15) is 0 Å². The van der Waals surface area contributed by atoms with Crippen molar-refractivity contribution in [3.8, 4) is 5.75 Å². The van der Waals surface area contributed by atoms with Crippen molar-refractivity contribution >= 4 is 27.3 Å². The van der Waals surface area contributed by atoms with Crippen molar-refractivity contribution in [2.45, 2.75) is 44.4 Å². The zero-order chi connectivity index (χ0) is 17.7. The molecule has 5 nitrogen and oxygen atoms in total. The number of halogens is 1. The smallest absolute Gasteiger partial charge is 0.235 e. The summed E-state index contributed by atoms with van der Waals surface area (Å²) in [5, 5.41) is 3.31. The van der Waals surface area contributed by atoms with Crippen LogP contribution in [-0.4, -0.2) is 33.2 Å². The van der Waals surface area contributed by atoms with Crippen molar-refractivity contribution in [3.05, 3.63) is 28.8 Å². The number of ether oxygens (including phenoxy) is 1. The number of sulfone groups is 1. The Morgan fingerprint density at radius 2 is 2.04 bits per heavy atom. The highest BCUT2D eigenvalue weighted by Gasteiger charge is 2.25. The largest absolute Gasteiger partial charge is 0.496 e. The molecule has 0 saturated heterocycles. The van der Waals surface area contributed by atoms with Crippen molar-refractivity contribution in [1.82, 2.24) is 5.32 Å². The number of carbonyl (C=O) groups is 1. The molecule has 0 aliphatic heterocycles. The van der Waals surface area contributed by atoms with Gasteiger partial charge in [-0.25, -0.2) is 8.42 Å². The van der Waals surface area contributed by atoms with Gasteiger partial charge >= 0.3 is 0 Å². The lowest BCUT2D eigenvalue weighted by Crippen LogP contribution is -2.43. The molecule has 1 aromatic carbocycles. The molecule has 0 heterocycles. The number of carbonyl (C=O) groups excluding carboxylic acids is 1. The molecule has 1 aromatic rings. The van der Waals surface area contributed by atoms with Crippen LogP contribution in [0.3, 0.4) is 0 Å². The lowest BCUT2D eigenvalue weighted by molar-refractivity contribution is -0.119. The fourth-order valence-corrected chi connectivity index (χ4v) is 4.61. The summed E-state index contributed by atoms with van der Waals surface area (Å²) in [6.45, 7) is 2.09. The quantitative estimate of drug-likeness (QED) is 0.832. The maximum atomic E-state index is 12.4. The maximum Gasteiger partial charge on any atom is 0.235 e. The zero-order valence-electron chi connectivity index (χ0n) is 14.0. The van der Waals surface area contributed by atoms with E-state index in [1.165, 1.54) is 13.5 Å². The summed E-state index contributed by atoms with van der Waals surface area (Å²) in [4.78, 5) is 12.1. The Bertz CT molecular complexity index is 690. The van der Waals surface area contributed by atoms with Crippen molar-refractivity contribution in [2.24, 2.45) is 5.92 Å². The first kappa shape index (κ1) is 19.1. The second kappa shape index (κ2) is 8.21. The van der Waals surface area contributed by atoms with Crippen LogP contribution in [0.5, 0.6) is 5.75 Å². The Labute approximate surface area is 148 Å². The number of nitrogens with one attached hydrogen (secondary N) is 1. The Morgan fingerprint density at radius 3 is 2.71 bits per heavy atom. The monoisotopic (exact) mass is 373 g/mol. The van der Waals surface area contributed by atoms with Gasteiger partial charge in [0, 0.05) is 16.6 Å². The van der Waals surface area contributed by atoms with Gasteiger partial charge in [0.2, 0.25) is 5.91 Å². The highest BCUT2D eigenvalue weighted by Crippen LogP contribution is 2.25. The van der Waals surface area contributed by atoms with Crippen LogP contribution >= 0.6 is 11.6 Å². The van der Waals surface area contributed by atoms with Crippen LogP contribution in [-0.2, 0) is 20.4 Å². The van der Waals surface area contributed by atoms with Crippen LogP contribution in [0.25, 0.3) is 0 Å². The fourth-order valence-electron chi connectivity index (χ4n) is 3.13. The third kappa shape index (κ3) is 5.38. The summed E-state index contributed by atoms with van der Waals surface area (Å²) < 4.78 is 29.9. The normalized spacial score (nSPS) is 21.3. The van der Waals surface area contributed by atoms with Crippen molar-refractivity contribution in [2.75, 3.05) is 12.9 Å². The van der Waals surface area contributed by atoms with E-state index >= 15 is 0 Å². The van der Waals surface area contributed by atoms with E-state index in [4.69, 9.17) is 16.3 Å². The van der Waals surface area contributed by atoms with Crippen LogP contribution < -0.4 is 10.1 Å². The lowest BCUT2D eigenvalue weighted by atomic mass is 9.86. The summed E-state index contributed by atoms with van der Waals surface area (Å²) in [7, 11) is -2.13. The molecule has 1 N–H and O–H groups in total. The second-order valence-corrected chi connectivity index (χ2v) is 8.93. The fraction of sp³-hybridized carbons (Fsp3) is 0.588. The summed E-state index contributed by atoms with van der Waals surface area (Å²) in [6, 6.07) is 4.88. The molecule has 7 heteroatoms.